The van der Waals surface area contributed by atoms with Crippen LogP contribution >= 0.6 is 0 Å². The van der Waals surface area contributed by atoms with Gasteiger partial charge in [0.15, 0.2) is 11.5 Å². The van der Waals surface area contributed by atoms with Crippen molar-refractivity contribution in [2.75, 3.05) is 19.8 Å². The molecular formula is C27H26O6. The van der Waals surface area contributed by atoms with E-state index in [-0.39, 0.29) is 11.2 Å². The standard InChI is InChI=1S/C27H26O6/c1-18-4-8-20(9-5-18)25(28)32-22-12-13-23(24(14-22)31-17-27(3)15-30-16-27)33-26(29)21-10-6-19(2)7-11-21/h4-14H,15-17H2,1-3H3. The molecule has 1 saturated heterocycles. The predicted octanol–water partition coefficient (Wildman–Crippen LogP) is 5.16. The summed E-state index contributed by atoms with van der Waals surface area (Å²) in [7, 11) is 0. The molecule has 1 heterocycles. The normalized spacial score (nSPS) is 14.2. The molecule has 0 atom stereocenters. The van der Waals surface area contributed by atoms with Gasteiger partial charge in [-0.2, -0.15) is 0 Å². The first-order valence-electron chi connectivity index (χ1n) is 10.7. The quantitative estimate of drug-likeness (QED) is 0.369. The number of hydrogen-bond donors (Lipinski definition) is 0. The molecule has 0 aliphatic carbocycles. The number of carbonyl (C=O) groups excluding carboxylic acids is 2. The SMILES string of the molecule is Cc1ccc(C(=O)Oc2ccc(OC(=O)c3ccc(C)cc3)c(OCC3(C)COC3)c2)cc1. The minimum absolute atomic E-state index is 0.118. The van der Waals surface area contributed by atoms with E-state index < -0.39 is 11.9 Å². The number of esters is 2. The van der Waals surface area contributed by atoms with Crippen molar-refractivity contribution in [3.8, 4) is 17.2 Å². The van der Waals surface area contributed by atoms with Crippen LogP contribution in [0.4, 0.5) is 0 Å². The lowest BCUT2D eigenvalue weighted by Gasteiger charge is -2.37. The molecule has 0 N–H and O–H groups in total. The predicted molar refractivity (Wildman–Crippen MR) is 123 cm³/mol. The molecule has 0 aromatic heterocycles. The fraction of sp³-hybridized carbons (Fsp3) is 0.259. The third kappa shape index (κ3) is 5.59. The second-order valence-electron chi connectivity index (χ2n) is 8.71. The number of rotatable bonds is 7. The van der Waals surface area contributed by atoms with E-state index in [4.69, 9.17) is 18.9 Å². The molecule has 3 aromatic carbocycles. The molecule has 0 amide bonds. The molecule has 4 rings (SSSR count). The van der Waals surface area contributed by atoms with Gasteiger partial charge in [-0.15, -0.1) is 0 Å². The molecule has 0 radical (unpaired) electrons. The first-order chi connectivity index (χ1) is 15.8. The topological polar surface area (TPSA) is 71.1 Å². The van der Waals surface area contributed by atoms with Crippen molar-refractivity contribution in [2.24, 2.45) is 5.41 Å². The van der Waals surface area contributed by atoms with Crippen LogP contribution in [0.1, 0.15) is 38.8 Å². The minimum atomic E-state index is -0.498. The Kier molecular flexibility index (Phi) is 6.47. The maximum Gasteiger partial charge on any atom is 0.343 e. The lowest BCUT2D eigenvalue weighted by atomic mass is 9.90. The molecule has 0 unspecified atom stereocenters. The minimum Gasteiger partial charge on any atom is -0.489 e. The van der Waals surface area contributed by atoms with Gasteiger partial charge in [-0.05, 0) is 50.2 Å². The second kappa shape index (κ2) is 9.46. The van der Waals surface area contributed by atoms with E-state index in [9.17, 15) is 9.59 Å². The van der Waals surface area contributed by atoms with E-state index in [0.29, 0.717) is 42.4 Å². The van der Waals surface area contributed by atoms with E-state index in [2.05, 4.69) is 6.92 Å². The summed E-state index contributed by atoms with van der Waals surface area (Å²) in [4.78, 5) is 25.2. The number of benzene rings is 3. The molecular weight excluding hydrogens is 420 g/mol. The smallest absolute Gasteiger partial charge is 0.343 e. The lowest BCUT2D eigenvalue weighted by Crippen LogP contribution is -2.44. The van der Waals surface area contributed by atoms with Crippen LogP contribution in [0.3, 0.4) is 0 Å². The van der Waals surface area contributed by atoms with Gasteiger partial charge in [0.1, 0.15) is 5.75 Å². The van der Waals surface area contributed by atoms with Crippen LogP contribution in [0.5, 0.6) is 17.2 Å². The first kappa shape index (κ1) is 22.6. The van der Waals surface area contributed by atoms with E-state index in [1.165, 1.54) is 0 Å². The number of ether oxygens (including phenoxy) is 4. The molecule has 6 nitrogen and oxygen atoms in total. The van der Waals surface area contributed by atoms with Crippen LogP contribution in [0, 0.1) is 19.3 Å². The highest BCUT2D eigenvalue weighted by atomic mass is 16.6. The Balaban J connectivity index is 1.54. The van der Waals surface area contributed by atoms with E-state index in [0.717, 1.165) is 11.1 Å². The third-order valence-corrected chi connectivity index (χ3v) is 5.38. The molecule has 0 saturated carbocycles. The summed E-state index contributed by atoms with van der Waals surface area (Å²) in [5, 5.41) is 0. The van der Waals surface area contributed by atoms with Crippen LogP contribution in [-0.4, -0.2) is 31.8 Å². The maximum absolute atomic E-state index is 12.6. The molecule has 170 valence electrons. The van der Waals surface area contributed by atoms with Crippen LogP contribution < -0.4 is 14.2 Å². The van der Waals surface area contributed by atoms with Gasteiger partial charge in [0, 0.05) is 11.5 Å². The molecule has 0 bridgehead atoms. The van der Waals surface area contributed by atoms with Crippen molar-refractivity contribution < 1.29 is 28.5 Å². The summed E-state index contributed by atoms with van der Waals surface area (Å²) < 4.78 is 22.4. The molecule has 3 aromatic rings. The van der Waals surface area contributed by atoms with Crippen LogP contribution in [0.2, 0.25) is 0 Å². The lowest BCUT2D eigenvalue weighted by molar-refractivity contribution is -0.120. The van der Waals surface area contributed by atoms with Gasteiger partial charge in [0.2, 0.25) is 0 Å². The van der Waals surface area contributed by atoms with Crippen molar-refractivity contribution in [2.45, 2.75) is 20.8 Å². The number of aryl methyl sites for hydroxylation is 2. The summed E-state index contributed by atoms with van der Waals surface area (Å²) in [5.41, 5.74) is 2.85. The Morgan fingerprint density at radius 2 is 1.33 bits per heavy atom. The van der Waals surface area contributed by atoms with Gasteiger partial charge in [0.25, 0.3) is 0 Å². The van der Waals surface area contributed by atoms with Crippen LogP contribution in [0.25, 0.3) is 0 Å². The summed E-state index contributed by atoms with van der Waals surface area (Å²) >= 11 is 0. The molecule has 0 spiro atoms. The highest BCUT2D eigenvalue weighted by Crippen LogP contribution is 2.35. The molecule has 6 heteroatoms. The Morgan fingerprint density at radius 1 is 0.788 bits per heavy atom. The summed E-state index contributed by atoms with van der Waals surface area (Å²) in [6.07, 6.45) is 0. The zero-order chi connectivity index (χ0) is 23.4. The van der Waals surface area contributed by atoms with Crippen LogP contribution in [-0.2, 0) is 4.74 Å². The largest absolute Gasteiger partial charge is 0.489 e. The first-order valence-corrected chi connectivity index (χ1v) is 10.7. The van der Waals surface area contributed by atoms with Gasteiger partial charge in [-0.1, -0.05) is 42.3 Å². The van der Waals surface area contributed by atoms with Crippen molar-refractivity contribution in [3.63, 3.8) is 0 Å². The summed E-state index contributed by atoms with van der Waals surface area (Å²) in [6, 6.07) is 18.9. The van der Waals surface area contributed by atoms with Gasteiger partial charge >= 0.3 is 11.9 Å². The Morgan fingerprint density at radius 3 is 1.85 bits per heavy atom. The highest BCUT2D eigenvalue weighted by Gasteiger charge is 2.34. The average molecular weight is 446 g/mol. The third-order valence-electron chi connectivity index (χ3n) is 5.38. The zero-order valence-corrected chi connectivity index (χ0v) is 18.9. The van der Waals surface area contributed by atoms with Crippen LogP contribution in [0.15, 0.2) is 66.7 Å². The van der Waals surface area contributed by atoms with Crippen molar-refractivity contribution in [3.05, 3.63) is 89.0 Å². The van der Waals surface area contributed by atoms with Gasteiger partial charge in [-0.25, -0.2) is 9.59 Å². The Bertz CT molecular complexity index is 1140. The monoisotopic (exact) mass is 446 g/mol. The number of hydrogen-bond acceptors (Lipinski definition) is 6. The van der Waals surface area contributed by atoms with E-state index >= 15 is 0 Å². The summed E-state index contributed by atoms with van der Waals surface area (Å²) in [5.74, 6) is -0.120. The Hall–Kier alpha value is -3.64. The molecule has 1 aliphatic heterocycles. The highest BCUT2D eigenvalue weighted by molar-refractivity contribution is 5.92. The van der Waals surface area contributed by atoms with Crippen molar-refractivity contribution in [1.29, 1.82) is 0 Å². The average Bonchev–Trinajstić information content (AvgIpc) is 2.78. The zero-order valence-electron chi connectivity index (χ0n) is 18.9. The molecule has 1 aliphatic rings. The van der Waals surface area contributed by atoms with Crippen molar-refractivity contribution >= 4 is 11.9 Å². The van der Waals surface area contributed by atoms with Gasteiger partial charge in [-0.3, -0.25) is 0 Å². The van der Waals surface area contributed by atoms with Gasteiger partial charge < -0.3 is 18.9 Å². The fourth-order valence-corrected chi connectivity index (χ4v) is 3.24. The summed E-state index contributed by atoms with van der Waals surface area (Å²) in [6.45, 7) is 7.50. The van der Waals surface area contributed by atoms with E-state index in [1.807, 2.05) is 38.1 Å². The van der Waals surface area contributed by atoms with Gasteiger partial charge in [0.05, 0.1) is 30.9 Å². The maximum atomic E-state index is 12.6. The van der Waals surface area contributed by atoms with Crippen molar-refractivity contribution in [1.82, 2.24) is 0 Å². The second-order valence-corrected chi connectivity index (χ2v) is 8.71. The number of carbonyl (C=O) groups is 2. The Labute approximate surface area is 193 Å². The molecule has 1 fully saturated rings. The fourth-order valence-electron chi connectivity index (χ4n) is 3.24. The molecule has 33 heavy (non-hydrogen) atoms. The van der Waals surface area contributed by atoms with E-state index in [1.54, 1.807) is 42.5 Å².